The number of hydrogen-bond donors (Lipinski definition) is 2. The number of nitrogens with one attached hydrogen (secondary N) is 1. The molecule has 0 atom stereocenters. The Bertz CT molecular complexity index is 547. The van der Waals surface area contributed by atoms with E-state index in [-0.39, 0.29) is 0 Å². The van der Waals surface area contributed by atoms with Crippen LogP contribution in [0.25, 0.3) is 0 Å². The van der Waals surface area contributed by atoms with Crippen molar-refractivity contribution in [3.05, 3.63) is 48.0 Å². The molecule has 5 heteroatoms. The van der Waals surface area contributed by atoms with Gasteiger partial charge >= 0.3 is 0 Å². The third-order valence-corrected chi connectivity index (χ3v) is 3.28. The molecular formula is C16H21N3O2. The molecule has 1 aromatic carbocycles. The molecule has 0 saturated heterocycles. The van der Waals surface area contributed by atoms with Gasteiger partial charge in [-0.3, -0.25) is 0 Å². The Morgan fingerprint density at radius 1 is 1.29 bits per heavy atom. The summed E-state index contributed by atoms with van der Waals surface area (Å²) in [6.45, 7) is 2.51. The maximum Gasteiger partial charge on any atom is 0.119 e. The summed E-state index contributed by atoms with van der Waals surface area (Å²) in [5.41, 5.74) is 3.09. The molecule has 2 rings (SSSR count). The number of aromatic amines is 1. The van der Waals surface area contributed by atoms with E-state index in [1.165, 1.54) is 5.56 Å². The Labute approximate surface area is 124 Å². The van der Waals surface area contributed by atoms with Crippen molar-refractivity contribution in [2.24, 2.45) is 5.16 Å². The van der Waals surface area contributed by atoms with E-state index in [0.717, 1.165) is 42.8 Å². The van der Waals surface area contributed by atoms with Crippen LogP contribution in [-0.2, 0) is 12.8 Å². The summed E-state index contributed by atoms with van der Waals surface area (Å²) in [7, 11) is 0. The normalized spacial score (nSPS) is 11.6. The highest BCUT2D eigenvalue weighted by Crippen LogP contribution is 2.14. The molecule has 112 valence electrons. The van der Waals surface area contributed by atoms with E-state index in [4.69, 9.17) is 9.94 Å². The summed E-state index contributed by atoms with van der Waals surface area (Å²) in [5, 5.41) is 11.8. The minimum absolute atomic E-state index is 0.689. The van der Waals surface area contributed by atoms with E-state index in [9.17, 15) is 0 Å². The number of hydrogen-bond acceptors (Lipinski definition) is 4. The summed E-state index contributed by atoms with van der Waals surface area (Å²) in [4.78, 5) is 7.06. The molecule has 2 aromatic rings. The second kappa shape index (κ2) is 8.09. The maximum atomic E-state index is 8.61. The van der Waals surface area contributed by atoms with Crippen LogP contribution in [0, 0.1) is 0 Å². The van der Waals surface area contributed by atoms with Crippen molar-refractivity contribution in [3.8, 4) is 5.75 Å². The third kappa shape index (κ3) is 5.30. The van der Waals surface area contributed by atoms with Crippen LogP contribution in [0.5, 0.6) is 5.75 Å². The predicted molar refractivity (Wildman–Crippen MR) is 82.1 cm³/mol. The Morgan fingerprint density at radius 3 is 2.76 bits per heavy atom. The summed E-state index contributed by atoms with van der Waals surface area (Å²) in [6.07, 6.45) is 7.06. The maximum absolute atomic E-state index is 8.61. The van der Waals surface area contributed by atoms with E-state index >= 15 is 0 Å². The van der Waals surface area contributed by atoms with Crippen molar-refractivity contribution in [2.45, 2.75) is 32.6 Å². The number of aryl methyl sites for hydroxylation is 2. The van der Waals surface area contributed by atoms with Crippen LogP contribution in [0.1, 0.15) is 31.0 Å². The third-order valence-electron chi connectivity index (χ3n) is 3.28. The lowest BCUT2D eigenvalue weighted by atomic mass is 10.1. The summed E-state index contributed by atoms with van der Waals surface area (Å²) in [5.74, 6) is 0.885. The van der Waals surface area contributed by atoms with Gasteiger partial charge in [0.15, 0.2) is 0 Å². The minimum Gasteiger partial charge on any atom is -0.494 e. The molecule has 0 unspecified atom stereocenters. The summed E-state index contributed by atoms with van der Waals surface area (Å²) < 4.78 is 5.71. The number of aromatic nitrogens is 2. The number of oxime groups is 1. The zero-order valence-corrected chi connectivity index (χ0v) is 12.2. The predicted octanol–water partition coefficient (Wildman–Crippen LogP) is 3.20. The van der Waals surface area contributed by atoms with Crippen LogP contribution < -0.4 is 4.74 Å². The first-order valence-electron chi connectivity index (χ1n) is 7.14. The molecule has 0 amide bonds. The quantitative estimate of drug-likeness (QED) is 0.339. The second-order valence-electron chi connectivity index (χ2n) is 5.01. The fourth-order valence-electron chi connectivity index (χ4n) is 2.00. The zero-order chi connectivity index (χ0) is 14.9. The first kappa shape index (κ1) is 15.1. The second-order valence-corrected chi connectivity index (χ2v) is 5.01. The Balaban J connectivity index is 1.69. The number of ether oxygens (including phenoxy) is 1. The fourth-order valence-corrected chi connectivity index (χ4v) is 2.00. The molecular weight excluding hydrogens is 266 g/mol. The molecule has 0 radical (unpaired) electrons. The lowest BCUT2D eigenvalue weighted by Gasteiger charge is -2.07. The monoisotopic (exact) mass is 287 g/mol. The molecule has 0 fully saturated rings. The van der Waals surface area contributed by atoms with Crippen molar-refractivity contribution >= 4 is 5.71 Å². The Hall–Kier alpha value is -2.30. The fraction of sp³-hybridized carbons (Fsp3) is 0.375. The van der Waals surface area contributed by atoms with Crippen LogP contribution >= 0.6 is 0 Å². The number of nitrogens with zero attached hydrogens (tertiary/aromatic N) is 2. The van der Waals surface area contributed by atoms with Gasteiger partial charge in [0.25, 0.3) is 0 Å². The van der Waals surface area contributed by atoms with E-state index in [0.29, 0.717) is 6.61 Å². The molecule has 0 spiro atoms. The zero-order valence-electron chi connectivity index (χ0n) is 12.2. The van der Waals surface area contributed by atoms with E-state index in [2.05, 4.69) is 27.3 Å². The van der Waals surface area contributed by atoms with Gasteiger partial charge in [-0.2, -0.15) is 0 Å². The summed E-state index contributed by atoms with van der Waals surface area (Å²) >= 11 is 0. The highest BCUT2D eigenvalue weighted by Gasteiger charge is 1.99. The number of H-pyrrole nitrogens is 1. The van der Waals surface area contributed by atoms with Crippen molar-refractivity contribution in [2.75, 3.05) is 6.61 Å². The average molecular weight is 287 g/mol. The molecule has 0 aliphatic rings. The molecule has 1 aromatic heterocycles. The SMILES string of the molecule is CC(CCc1ccc(OCCCc2cnc[nH]2)cc1)=NO. The van der Waals surface area contributed by atoms with Crippen LogP contribution in [0.2, 0.25) is 0 Å². The van der Waals surface area contributed by atoms with Crippen molar-refractivity contribution in [3.63, 3.8) is 0 Å². The molecule has 0 aliphatic carbocycles. The Kier molecular flexibility index (Phi) is 5.82. The molecule has 0 bridgehead atoms. The smallest absolute Gasteiger partial charge is 0.119 e. The lowest BCUT2D eigenvalue weighted by Crippen LogP contribution is -2.00. The largest absolute Gasteiger partial charge is 0.494 e. The average Bonchev–Trinajstić information content (AvgIpc) is 3.03. The van der Waals surface area contributed by atoms with Gasteiger partial charge in [0, 0.05) is 11.9 Å². The molecule has 2 N–H and O–H groups in total. The highest BCUT2D eigenvalue weighted by atomic mass is 16.5. The van der Waals surface area contributed by atoms with Gasteiger partial charge in [0.05, 0.1) is 18.6 Å². The molecule has 21 heavy (non-hydrogen) atoms. The first-order chi connectivity index (χ1) is 10.3. The van der Waals surface area contributed by atoms with Gasteiger partial charge in [0.2, 0.25) is 0 Å². The topological polar surface area (TPSA) is 70.5 Å². The van der Waals surface area contributed by atoms with Gasteiger partial charge in [0.1, 0.15) is 5.75 Å². The van der Waals surface area contributed by atoms with Crippen molar-refractivity contribution in [1.29, 1.82) is 0 Å². The number of rotatable bonds is 8. The van der Waals surface area contributed by atoms with Gasteiger partial charge in [-0.15, -0.1) is 0 Å². The standard InChI is InChI=1S/C16H21N3O2/c1-13(19-20)4-5-14-6-8-16(9-7-14)21-10-2-3-15-11-17-12-18-15/h6-9,11-12,20H,2-5,10H2,1H3,(H,17,18). The van der Waals surface area contributed by atoms with Crippen LogP contribution in [-0.4, -0.2) is 27.5 Å². The van der Waals surface area contributed by atoms with Crippen molar-refractivity contribution in [1.82, 2.24) is 9.97 Å². The van der Waals surface area contributed by atoms with Crippen LogP contribution in [0.4, 0.5) is 0 Å². The minimum atomic E-state index is 0.689. The van der Waals surface area contributed by atoms with E-state index in [1.54, 1.807) is 6.33 Å². The van der Waals surface area contributed by atoms with Crippen LogP contribution in [0.3, 0.4) is 0 Å². The van der Waals surface area contributed by atoms with E-state index in [1.807, 2.05) is 25.3 Å². The van der Waals surface area contributed by atoms with Gasteiger partial charge in [-0.25, -0.2) is 4.98 Å². The lowest BCUT2D eigenvalue weighted by molar-refractivity contribution is 0.310. The molecule has 5 nitrogen and oxygen atoms in total. The van der Waals surface area contributed by atoms with Crippen molar-refractivity contribution < 1.29 is 9.94 Å². The van der Waals surface area contributed by atoms with Gasteiger partial charge in [-0.1, -0.05) is 17.3 Å². The van der Waals surface area contributed by atoms with Gasteiger partial charge in [-0.05, 0) is 50.3 Å². The number of imidazole rings is 1. The molecule has 0 saturated carbocycles. The first-order valence-corrected chi connectivity index (χ1v) is 7.14. The molecule has 0 aliphatic heterocycles. The Morgan fingerprint density at radius 2 is 2.10 bits per heavy atom. The summed E-state index contributed by atoms with van der Waals surface area (Å²) in [6, 6.07) is 8.07. The molecule has 1 heterocycles. The number of benzene rings is 1. The highest BCUT2D eigenvalue weighted by molar-refractivity contribution is 5.81. The van der Waals surface area contributed by atoms with E-state index < -0.39 is 0 Å². The van der Waals surface area contributed by atoms with Gasteiger partial charge < -0.3 is 14.9 Å². The van der Waals surface area contributed by atoms with Crippen LogP contribution in [0.15, 0.2) is 41.9 Å².